The quantitative estimate of drug-likeness (QED) is 0.561. The van der Waals surface area contributed by atoms with Crippen LogP contribution >= 0.6 is 0 Å². The number of hydrogen-bond donors (Lipinski definition) is 2. The highest BCUT2D eigenvalue weighted by Gasteiger charge is 2.34. The second-order valence-electron chi connectivity index (χ2n) is 9.61. The number of fused-ring (bicyclic) bond motifs is 3. The van der Waals surface area contributed by atoms with Crippen LogP contribution in [0.2, 0.25) is 0 Å². The van der Waals surface area contributed by atoms with Crippen LogP contribution in [0.5, 0.6) is 0 Å². The predicted octanol–water partition coefficient (Wildman–Crippen LogP) is 5.25. The Labute approximate surface area is 189 Å². The Morgan fingerprint density at radius 1 is 1.09 bits per heavy atom. The molecule has 0 radical (unpaired) electrons. The van der Waals surface area contributed by atoms with Crippen LogP contribution in [0.3, 0.4) is 0 Å². The summed E-state index contributed by atoms with van der Waals surface area (Å²) in [5.74, 6) is 0. The standard InChI is InChI=1S/C27H31FN4/c1-18(28)15-31-16-21(17-31)29-20-11-9-19(10-12-20)27-26-24(13-14-32(27)22-5-4-6-22)23-7-2-3-8-25(23)30-26/h2-3,5,7-12,18,21,27,29-30H,4,6,13-17H2,1H3/t18-,27+/m0/s1. The average Bonchev–Trinajstić information content (AvgIpc) is 3.10. The lowest BCUT2D eigenvalue weighted by Gasteiger charge is -2.42. The molecule has 0 spiro atoms. The monoisotopic (exact) mass is 430 g/mol. The summed E-state index contributed by atoms with van der Waals surface area (Å²) in [6.07, 6.45) is 5.09. The first-order chi connectivity index (χ1) is 15.7. The molecule has 3 aliphatic rings. The first kappa shape index (κ1) is 19.9. The van der Waals surface area contributed by atoms with E-state index in [9.17, 15) is 4.39 Å². The predicted molar refractivity (Wildman–Crippen MR) is 129 cm³/mol. The van der Waals surface area contributed by atoms with E-state index in [0.717, 1.165) is 31.7 Å². The van der Waals surface area contributed by atoms with Crippen LogP contribution in [0.25, 0.3) is 10.9 Å². The number of hydrogen-bond acceptors (Lipinski definition) is 3. The molecule has 32 heavy (non-hydrogen) atoms. The molecular formula is C27H31FN4. The molecule has 2 atom stereocenters. The molecule has 1 fully saturated rings. The molecule has 2 N–H and O–H groups in total. The van der Waals surface area contributed by atoms with Gasteiger partial charge in [-0.15, -0.1) is 0 Å². The fourth-order valence-electron chi connectivity index (χ4n) is 5.59. The highest BCUT2D eigenvalue weighted by molar-refractivity contribution is 5.85. The fourth-order valence-corrected chi connectivity index (χ4v) is 5.59. The van der Waals surface area contributed by atoms with Crippen molar-refractivity contribution in [2.24, 2.45) is 0 Å². The maximum atomic E-state index is 13.2. The van der Waals surface area contributed by atoms with Crippen molar-refractivity contribution in [1.29, 1.82) is 0 Å². The third-order valence-electron chi connectivity index (χ3n) is 7.25. The van der Waals surface area contributed by atoms with Crippen molar-refractivity contribution in [3.63, 3.8) is 0 Å². The number of anilines is 1. The number of H-pyrrole nitrogens is 1. The maximum absolute atomic E-state index is 13.2. The molecule has 0 saturated carbocycles. The third kappa shape index (κ3) is 3.49. The summed E-state index contributed by atoms with van der Waals surface area (Å²) in [6, 6.07) is 18.3. The van der Waals surface area contributed by atoms with E-state index in [1.54, 1.807) is 6.92 Å². The molecule has 1 saturated heterocycles. The van der Waals surface area contributed by atoms with Crippen LogP contribution in [-0.2, 0) is 6.42 Å². The molecule has 0 unspecified atom stereocenters. The summed E-state index contributed by atoms with van der Waals surface area (Å²) in [5, 5.41) is 4.98. The first-order valence-electron chi connectivity index (χ1n) is 11.9. The minimum absolute atomic E-state index is 0.233. The average molecular weight is 431 g/mol. The van der Waals surface area contributed by atoms with E-state index in [-0.39, 0.29) is 6.04 Å². The molecule has 1 aromatic heterocycles. The summed E-state index contributed by atoms with van der Waals surface area (Å²) < 4.78 is 13.2. The van der Waals surface area contributed by atoms with Gasteiger partial charge in [0.05, 0.1) is 12.1 Å². The van der Waals surface area contributed by atoms with E-state index in [4.69, 9.17) is 0 Å². The Hall–Kier alpha value is -2.79. The van der Waals surface area contributed by atoms with Gasteiger partial charge in [-0.2, -0.15) is 0 Å². The maximum Gasteiger partial charge on any atom is 0.110 e. The van der Waals surface area contributed by atoms with Gasteiger partial charge < -0.3 is 15.2 Å². The van der Waals surface area contributed by atoms with Crippen molar-refractivity contribution in [2.45, 2.75) is 44.4 Å². The van der Waals surface area contributed by atoms with E-state index < -0.39 is 6.17 Å². The summed E-state index contributed by atoms with van der Waals surface area (Å²) in [6.45, 7) is 5.07. The Morgan fingerprint density at radius 3 is 2.59 bits per heavy atom. The van der Waals surface area contributed by atoms with Crippen molar-refractivity contribution < 1.29 is 4.39 Å². The SMILES string of the molecule is C[C@H](F)CN1CC(Nc2ccc([C@@H]3c4[nH]c5ccccc5c4CCN3C3=CCC3)cc2)C1. The minimum atomic E-state index is -0.756. The van der Waals surface area contributed by atoms with E-state index in [1.165, 1.54) is 46.3 Å². The first-order valence-corrected chi connectivity index (χ1v) is 11.9. The minimum Gasteiger partial charge on any atom is -0.380 e. The highest BCUT2D eigenvalue weighted by atomic mass is 19.1. The lowest BCUT2D eigenvalue weighted by molar-refractivity contribution is 0.123. The molecule has 6 rings (SSSR count). The number of benzene rings is 2. The molecule has 5 heteroatoms. The van der Waals surface area contributed by atoms with Gasteiger partial charge in [-0.25, -0.2) is 4.39 Å². The van der Waals surface area contributed by atoms with Gasteiger partial charge in [0.15, 0.2) is 0 Å². The molecule has 1 aliphatic carbocycles. The lowest BCUT2D eigenvalue weighted by Crippen LogP contribution is -2.55. The summed E-state index contributed by atoms with van der Waals surface area (Å²) in [5.41, 5.74) is 8.02. The second-order valence-corrected chi connectivity index (χ2v) is 9.61. The molecule has 3 heterocycles. The van der Waals surface area contributed by atoms with E-state index in [0.29, 0.717) is 12.6 Å². The zero-order chi connectivity index (χ0) is 21.7. The summed E-state index contributed by atoms with van der Waals surface area (Å²) >= 11 is 0. The number of allylic oxidation sites excluding steroid dienone is 2. The van der Waals surface area contributed by atoms with Crippen molar-refractivity contribution in [3.05, 3.63) is 77.1 Å². The molecule has 3 aromatic rings. The number of para-hydroxylation sites is 1. The van der Waals surface area contributed by atoms with Crippen LogP contribution in [0.4, 0.5) is 10.1 Å². The van der Waals surface area contributed by atoms with E-state index in [2.05, 4.69) is 74.7 Å². The smallest absolute Gasteiger partial charge is 0.110 e. The fraction of sp³-hybridized carbons (Fsp3) is 0.407. The van der Waals surface area contributed by atoms with Gasteiger partial charge in [0.25, 0.3) is 0 Å². The Morgan fingerprint density at radius 2 is 1.88 bits per heavy atom. The van der Waals surface area contributed by atoms with E-state index >= 15 is 0 Å². The Balaban J connectivity index is 1.26. The Bertz CT molecular complexity index is 1140. The number of nitrogens with zero attached hydrogens (tertiary/aromatic N) is 2. The molecule has 4 nitrogen and oxygen atoms in total. The van der Waals surface area contributed by atoms with Crippen molar-refractivity contribution >= 4 is 16.6 Å². The highest BCUT2D eigenvalue weighted by Crippen LogP contribution is 2.42. The third-order valence-corrected chi connectivity index (χ3v) is 7.25. The van der Waals surface area contributed by atoms with Gasteiger partial charge in [0.2, 0.25) is 0 Å². The van der Waals surface area contributed by atoms with Crippen LogP contribution in [-0.4, -0.2) is 53.2 Å². The van der Waals surface area contributed by atoms with Gasteiger partial charge in [-0.3, -0.25) is 4.90 Å². The normalized spacial score (nSPS) is 22.1. The summed E-state index contributed by atoms with van der Waals surface area (Å²) in [7, 11) is 0. The largest absolute Gasteiger partial charge is 0.380 e. The Kier molecular flexibility index (Phi) is 4.94. The molecule has 0 bridgehead atoms. The van der Waals surface area contributed by atoms with Gasteiger partial charge in [0, 0.05) is 54.2 Å². The van der Waals surface area contributed by atoms with Crippen LogP contribution in [0.15, 0.2) is 60.3 Å². The van der Waals surface area contributed by atoms with Gasteiger partial charge in [-0.1, -0.05) is 36.4 Å². The van der Waals surface area contributed by atoms with Gasteiger partial charge in [-0.05, 0) is 55.5 Å². The van der Waals surface area contributed by atoms with Crippen LogP contribution in [0.1, 0.15) is 42.6 Å². The van der Waals surface area contributed by atoms with Crippen LogP contribution in [0, 0.1) is 0 Å². The molecule has 166 valence electrons. The number of likely N-dealkylation sites (tertiary alicyclic amines) is 1. The topological polar surface area (TPSA) is 34.3 Å². The van der Waals surface area contributed by atoms with Gasteiger partial charge >= 0.3 is 0 Å². The number of aromatic nitrogens is 1. The summed E-state index contributed by atoms with van der Waals surface area (Å²) in [4.78, 5) is 8.53. The zero-order valence-electron chi connectivity index (χ0n) is 18.7. The molecule has 2 aromatic carbocycles. The molecule has 2 aliphatic heterocycles. The lowest BCUT2D eigenvalue weighted by atomic mass is 9.89. The van der Waals surface area contributed by atoms with Crippen LogP contribution < -0.4 is 5.32 Å². The number of rotatable bonds is 6. The van der Waals surface area contributed by atoms with E-state index in [1.807, 2.05) is 0 Å². The van der Waals surface area contributed by atoms with Crippen molar-refractivity contribution in [2.75, 3.05) is 31.5 Å². The second kappa shape index (κ2) is 7.96. The number of alkyl halides is 1. The number of aromatic amines is 1. The number of nitrogens with one attached hydrogen (secondary N) is 2. The molecular weight excluding hydrogens is 399 g/mol. The van der Waals surface area contributed by atoms with Crippen molar-refractivity contribution in [3.8, 4) is 0 Å². The van der Waals surface area contributed by atoms with Gasteiger partial charge in [0.1, 0.15) is 6.17 Å². The number of halogens is 1. The molecule has 0 amide bonds. The van der Waals surface area contributed by atoms with Crippen molar-refractivity contribution in [1.82, 2.24) is 14.8 Å². The zero-order valence-corrected chi connectivity index (χ0v) is 18.7.